The highest BCUT2D eigenvalue weighted by Gasteiger charge is 2.10. The summed E-state index contributed by atoms with van der Waals surface area (Å²) in [5.74, 6) is 0.416. The lowest BCUT2D eigenvalue weighted by molar-refractivity contribution is 0.462. The molecule has 78 valence electrons. The van der Waals surface area contributed by atoms with E-state index in [1.807, 2.05) is 19.9 Å². The molecule has 0 saturated heterocycles. The molecule has 3 heteroatoms. The summed E-state index contributed by atoms with van der Waals surface area (Å²) in [4.78, 5) is 0. The number of rotatable bonds is 3. The Balaban J connectivity index is 3.11. The van der Waals surface area contributed by atoms with Gasteiger partial charge < -0.3 is 10.8 Å². The van der Waals surface area contributed by atoms with E-state index in [1.165, 1.54) is 0 Å². The van der Waals surface area contributed by atoms with Gasteiger partial charge in [0.2, 0.25) is 0 Å². The summed E-state index contributed by atoms with van der Waals surface area (Å²) < 4.78 is 1.06. The van der Waals surface area contributed by atoms with E-state index in [0.717, 1.165) is 34.0 Å². The Morgan fingerprint density at radius 2 is 2.07 bits per heavy atom. The molecule has 0 aromatic heterocycles. The Kier molecular flexibility index (Phi) is 3.96. The molecule has 0 spiro atoms. The van der Waals surface area contributed by atoms with Gasteiger partial charge in [-0.1, -0.05) is 15.9 Å². The maximum Gasteiger partial charge on any atom is 0.122 e. The van der Waals surface area contributed by atoms with Crippen molar-refractivity contribution in [2.24, 2.45) is 5.73 Å². The second-order valence-corrected chi connectivity index (χ2v) is 4.37. The molecule has 14 heavy (non-hydrogen) atoms. The third-order valence-electron chi connectivity index (χ3n) is 2.44. The van der Waals surface area contributed by atoms with Crippen LogP contribution in [-0.2, 0) is 6.42 Å². The van der Waals surface area contributed by atoms with Crippen LogP contribution < -0.4 is 5.73 Å². The molecular formula is C11H16BrNO. The summed E-state index contributed by atoms with van der Waals surface area (Å²) in [5.41, 5.74) is 8.50. The lowest BCUT2D eigenvalue weighted by atomic mass is 10.00. The van der Waals surface area contributed by atoms with Gasteiger partial charge in [0, 0.05) is 4.47 Å². The molecule has 2 nitrogen and oxygen atoms in total. The van der Waals surface area contributed by atoms with Crippen molar-refractivity contribution in [3.05, 3.63) is 27.2 Å². The molecule has 0 amide bonds. The molecule has 0 aliphatic rings. The van der Waals surface area contributed by atoms with E-state index in [4.69, 9.17) is 5.73 Å². The summed E-state index contributed by atoms with van der Waals surface area (Å²) in [6.07, 6.45) is 1.75. The van der Waals surface area contributed by atoms with E-state index in [1.54, 1.807) is 0 Å². The smallest absolute Gasteiger partial charge is 0.122 e. The molecule has 0 fully saturated rings. The van der Waals surface area contributed by atoms with E-state index in [-0.39, 0.29) is 0 Å². The Morgan fingerprint density at radius 3 is 2.64 bits per heavy atom. The first kappa shape index (κ1) is 11.5. The van der Waals surface area contributed by atoms with Crippen molar-refractivity contribution >= 4 is 15.9 Å². The second kappa shape index (κ2) is 4.80. The summed E-state index contributed by atoms with van der Waals surface area (Å²) in [5, 5.41) is 9.87. The zero-order valence-electron chi connectivity index (χ0n) is 8.60. The Bertz CT molecular complexity index is 310. The number of phenolic OH excluding ortho intramolecular Hbond substituents is 1. The van der Waals surface area contributed by atoms with Gasteiger partial charge in [0.25, 0.3) is 0 Å². The van der Waals surface area contributed by atoms with Gasteiger partial charge in [-0.25, -0.2) is 0 Å². The van der Waals surface area contributed by atoms with Gasteiger partial charge in [0.1, 0.15) is 5.75 Å². The van der Waals surface area contributed by atoms with E-state index in [2.05, 4.69) is 15.9 Å². The molecule has 0 aliphatic heterocycles. The van der Waals surface area contributed by atoms with Gasteiger partial charge in [-0.05, 0) is 56.0 Å². The molecule has 0 aliphatic carbocycles. The SMILES string of the molecule is Cc1cc(Br)c(C)c(CCCN)c1O. The summed E-state index contributed by atoms with van der Waals surface area (Å²) in [6, 6.07) is 1.94. The molecule has 1 aromatic rings. The summed E-state index contributed by atoms with van der Waals surface area (Å²) in [7, 11) is 0. The Labute approximate surface area is 93.3 Å². The van der Waals surface area contributed by atoms with Crippen molar-refractivity contribution in [2.45, 2.75) is 26.7 Å². The molecule has 1 aromatic carbocycles. The van der Waals surface area contributed by atoms with Crippen molar-refractivity contribution in [2.75, 3.05) is 6.54 Å². The van der Waals surface area contributed by atoms with Gasteiger partial charge in [-0.3, -0.25) is 0 Å². The van der Waals surface area contributed by atoms with Crippen molar-refractivity contribution in [3.63, 3.8) is 0 Å². The van der Waals surface area contributed by atoms with Crippen LogP contribution in [-0.4, -0.2) is 11.7 Å². The number of aryl methyl sites for hydroxylation is 1. The van der Waals surface area contributed by atoms with Crippen LogP contribution in [0.4, 0.5) is 0 Å². The van der Waals surface area contributed by atoms with Crippen LogP contribution in [0.15, 0.2) is 10.5 Å². The highest BCUT2D eigenvalue weighted by Crippen LogP contribution is 2.31. The number of phenols is 1. The van der Waals surface area contributed by atoms with Crippen LogP contribution in [0.1, 0.15) is 23.1 Å². The maximum atomic E-state index is 9.87. The summed E-state index contributed by atoms with van der Waals surface area (Å²) in [6.45, 7) is 4.57. The van der Waals surface area contributed by atoms with E-state index in [9.17, 15) is 5.11 Å². The normalized spacial score (nSPS) is 10.6. The molecule has 0 bridgehead atoms. The fourth-order valence-electron chi connectivity index (χ4n) is 1.51. The van der Waals surface area contributed by atoms with Crippen LogP contribution in [0.2, 0.25) is 0 Å². The van der Waals surface area contributed by atoms with Crippen molar-refractivity contribution < 1.29 is 5.11 Å². The first-order valence-electron chi connectivity index (χ1n) is 4.75. The average molecular weight is 258 g/mol. The lowest BCUT2D eigenvalue weighted by Crippen LogP contribution is -2.02. The van der Waals surface area contributed by atoms with Crippen molar-refractivity contribution in [1.82, 2.24) is 0 Å². The van der Waals surface area contributed by atoms with Crippen molar-refractivity contribution in [3.8, 4) is 5.75 Å². The molecule has 1 rings (SSSR count). The molecule has 0 saturated carbocycles. The van der Waals surface area contributed by atoms with Gasteiger partial charge >= 0.3 is 0 Å². The van der Waals surface area contributed by atoms with E-state index in [0.29, 0.717) is 12.3 Å². The highest BCUT2D eigenvalue weighted by atomic mass is 79.9. The standard InChI is InChI=1S/C11H16BrNO/c1-7-6-10(12)8(2)9(11(7)14)4-3-5-13/h6,14H,3-5,13H2,1-2H3. The third kappa shape index (κ3) is 2.28. The number of hydrogen-bond donors (Lipinski definition) is 2. The Morgan fingerprint density at radius 1 is 1.43 bits per heavy atom. The molecule has 0 radical (unpaired) electrons. The second-order valence-electron chi connectivity index (χ2n) is 3.52. The number of hydrogen-bond acceptors (Lipinski definition) is 2. The van der Waals surface area contributed by atoms with Crippen LogP contribution in [0, 0.1) is 13.8 Å². The number of nitrogens with two attached hydrogens (primary N) is 1. The fourth-order valence-corrected chi connectivity index (χ4v) is 2.09. The predicted octanol–water partition coefficient (Wildman–Crippen LogP) is 2.66. The maximum absolute atomic E-state index is 9.87. The monoisotopic (exact) mass is 257 g/mol. The number of benzene rings is 1. The van der Waals surface area contributed by atoms with Crippen LogP contribution >= 0.6 is 15.9 Å². The molecule has 0 atom stereocenters. The molecule has 0 heterocycles. The molecular weight excluding hydrogens is 242 g/mol. The number of aromatic hydroxyl groups is 1. The van der Waals surface area contributed by atoms with Crippen molar-refractivity contribution in [1.29, 1.82) is 0 Å². The first-order valence-corrected chi connectivity index (χ1v) is 5.54. The topological polar surface area (TPSA) is 46.2 Å². The van der Waals surface area contributed by atoms with Crippen LogP contribution in [0.25, 0.3) is 0 Å². The third-order valence-corrected chi connectivity index (χ3v) is 3.27. The lowest BCUT2D eigenvalue weighted by Gasteiger charge is -2.12. The van der Waals surface area contributed by atoms with Gasteiger partial charge in [-0.2, -0.15) is 0 Å². The van der Waals surface area contributed by atoms with Gasteiger partial charge in [-0.15, -0.1) is 0 Å². The quantitative estimate of drug-likeness (QED) is 0.875. The average Bonchev–Trinajstić information content (AvgIpc) is 2.15. The van der Waals surface area contributed by atoms with Gasteiger partial charge in [0.15, 0.2) is 0 Å². The zero-order chi connectivity index (χ0) is 10.7. The van der Waals surface area contributed by atoms with Crippen LogP contribution in [0.3, 0.4) is 0 Å². The first-order chi connectivity index (χ1) is 6.57. The molecule has 3 N–H and O–H groups in total. The number of halogens is 1. The Hall–Kier alpha value is -0.540. The minimum absolute atomic E-state index is 0.416. The molecule has 0 unspecified atom stereocenters. The zero-order valence-corrected chi connectivity index (χ0v) is 10.2. The summed E-state index contributed by atoms with van der Waals surface area (Å²) >= 11 is 3.48. The minimum atomic E-state index is 0.416. The predicted molar refractivity (Wildman–Crippen MR) is 62.7 cm³/mol. The van der Waals surface area contributed by atoms with E-state index < -0.39 is 0 Å². The largest absolute Gasteiger partial charge is 0.507 e. The van der Waals surface area contributed by atoms with E-state index >= 15 is 0 Å². The van der Waals surface area contributed by atoms with Gasteiger partial charge in [0.05, 0.1) is 0 Å². The highest BCUT2D eigenvalue weighted by molar-refractivity contribution is 9.10. The minimum Gasteiger partial charge on any atom is -0.507 e. The van der Waals surface area contributed by atoms with Crippen LogP contribution in [0.5, 0.6) is 5.75 Å². The fraction of sp³-hybridized carbons (Fsp3) is 0.455.